The van der Waals surface area contributed by atoms with Gasteiger partial charge < -0.3 is 16.0 Å². The smallest absolute Gasteiger partial charge is 0.325 e. The molecule has 2 heterocycles. The molecule has 7 nitrogen and oxygen atoms in total. The molecule has 1 spiro atoms. The lowest BCUT2D eigenvalue weighted by Crippen LogP contribution is -2.54. The average molecular weight is 359 g/mol. The summed E-state index contributed by atoms with van der Waals surface area (Å²) < 4.78 is 0. The first-order valence-electron chi connectivity index (χ1n) is 8.64. The Morgan fingerprint density at radius 1 is 1.29 bits per heavy atom. The third-order valence-corrected chi connectivity index (χ3v) is 5.47. The monoisotopic (exact) mass is 358 g/mol. The second kappa shape index (κ2) is 7.27. The molecule has 8 heteroatoms. The zero-order valence-electron chi connectivity index (χ0n) is 14.1. The molecule has 3 N–H and O–H groups in total. The molecule has 136 valence electrons. The van der Waals surface area contributed by atoms with Gasteiger partial charge >= 0.3 is 6.03 Å². The first-order chi connectivity index (χ1) is 10.9. The first kappa shape index (κ1) is 19.0. The largest absolute Gasteiger partial charge is 0.337 e. The van der Waals surface area contributed by atoms with E-state index in [1.807, 2.05) is 6.92 Å². The quantitative estimate of drug-likeness (QED) is 0.736. The second-order valence-electron chi connectivity index (χ2n) is 7.12. The van der Waals surface area contributed by atoms with Crippen molar-refractivity contribution in [2.24, 2.45) is 5.73 Å². The van der Waals surface area contributed by atoms with Crippen molar-refractivity contribution in [3.8, 4) is 0 Å². The number of nitrogens with one attached hydrogen (secondary N) is 1. The van der Waals surface area contributed by atoms with E-state index in [1.54, 1.807) is 4.90 Å². The number of carbonyl (C=O) groups is 3. The van der Waals surface area contributed by atoms with Crippen LogP contribution in [0.5, 0.6) is 0 Å². The Hall–Kier alpha value is -1.34. The summed E-state index contributed by atoms with van der Waals surface area (Å²) in [5, 5.41) is 2.81. The number of rotatable bonds is 3. The highest BCUT2D eigenvalue weighted by Crippen LogP contribution is 2.35. The molecule has 3 aliphatic rings. The van der Waals surface area contributed by atoms with E-state index in [9.17, 15) is 14.4 Å². The van der Waals surface area contributed by atoms with Crippen LogP contribution in [0, 0.1) is 0 Å². The maximum atomic E-state index is 12.7. The number of imide groups is 1. The van der Waals surface area contributed by atoms with Crippen molar-refractivity contribution >= 4 is 30.3 Å². The molecule has 2 unspecified atom stereocenters. The maximum Gasteiger partial charge on any atom is 0.325 e. The molecule has 2 saturated heterocycles. The predicted octanol–water partition coefficient (Wildman–Crippen LogP) is 1.00. The van der Waals surface area contributed by atoms with E-state index in [1.165, 1.54) is 0 Å². The van der Waals surface area contributed by atoms with Gasteiger partial charge in [-0.15, -0.1) is 12.4 Å². The number of amides is 4. The molecule has 24 heavy (non-hydrogen) atoms. The Labute approximate surface area is 148 Å². The zero-order valence-corrected chi connectivity index (χ0v) is 14.9. The summed E-state index contributed by atoms with van der Waals surface area (Å²) in [5.41, 5.74) is 5.25. The van der Waals surface area contributed by atoms with E-state index >= 15 is 0 Å². The van der Waals surface area contributed by atoms with Gasteiger partial charge in [0, 0.05) is 18.6 Å². The van der Waals surface area contributed by atoms with Gasteiger partial charge in [0.05, 0.1) is 0 Å². The third-order valence-electron chi connectivity index (χ3n) is 5.47. The summed E-state index contributed by atoms with van der Waals surface area (Å²) >= 11 is 0. The molecule has 0 aromatic rings. The Balaban J connectivity index is 0.00000208. The fourth-order valence-electron chi connectivity index (χ4n) is 4.18. The average Bonchev–Trinajstić information content (AvgIpc) is 3.08. The molecule has 2 aliphatic heterocycles. The Kier molecular flexibility index (Phi) is 5.75. The van der Waals surface area contributed by atoms with Crippen molar-refractivity contribution < 1.29 is 14.4 Å². The van der Waals surface area contributed by atoms with Gasteiger partial charge in [0.15, 0.2) is 0 Å². The summed E-state index contributed by atoms with van der Waals surface area (Å²) in [7, 11) is 0. The standard InChI is InChI=1S/C16H26N4O3.ClH/c1-11(17)12-6-2-5-9-19(12)13(21)10-20-14(22)16(18-15(20)23)7-3-4-8-16;/h11-12H,2-10,17H2,1H3,(H,18,23);1H. The number of piperidine rings is 1. The number of likely N-dealkylation sites (tertiary alicyclic amines) is 1. The Bertz CT molecular complexity index is 519. The number of nitrogens with zero attached hydrogens (tertiary/aromatic N) is 2. The van der Waals surface area contributed by atoms with Gasteiger partial charge in [-0.3, -0.25) is 14.5 Å². The summed E-state index contributed by atoms with van der Waals surface area (Å²) in [6.45, 7) is 2.38. The Morgan fingerprint density at radius 2 is 1.96 bits per heavy atom. The lowest BCUT2D eigenvalue weighted by molar-refractivity contribution is -0.141. The van der Waals surface area contributed by atoms with Crippen LogP contribution in [0.15, 0.2) is 0 Å². The van der Waals surface area contributed by atoms with Crippen LogP contribution in [0.1, 0.15) is 51.9 Å². The second-order valence-corrected chi connectivity index (χ2v) is 7.12. The van der Waals surface area contributed by atoms with E-state index in [0.717, 1.165) is 37.0 Å². The van der Waals surface area contributed by atoms with Crippen LogP contribution in [-0.2, 0) is 9.59 Å². The van der Waals surface area contributed by atoms with Crippen LogP contribution in [0.4, 0.5) is 4.79 Å². The van der Waals surface area contributed by atoms with E-state index < -0.39 is 11.6 Å². The van der Waals surface area contributed by atoms with Gasteiger partial charge in [-0.05, 0) is 39.0 Å². The topological polar surface area (TPSA) is 95.7 Å². The van der Waals surface area contributed by atoms with Crippen LogP contribution in [0.2, 0.25) is 0 Å². The van der Waals surface area contributed by atoms with Gasteiger partial charge in [0.2, 0.25) is 5.91 Å². The van der Waals surface area contributed by atoms with Crippen LogP contribution in [0.3, 0.4) is 0 Å². The fraction of sp³-hybridized carbons (Fsp3) is 0.812. The normalized spacial score (nSPS) is 27.2. The number of halogens is 1. The molecule has 2 atom stereocenters. The number of carbonyl (C=O) groups excluding carboxylic acids is 3. The fourth-order valence-corrected chi connectivity index (χ4v) is 4.18. The first-order valence-corrected chi connectivity index (χ1v) is 8.64. The number of urea groups is 1. The summed E-state index contributed by atoms with van der Waals surface area (Å²) in [5.74, 6) is -0.409. The minimum Gasteiger partial charge on any atom is -0.337 e. The van der Waals surface area contributed by atoms with Crippen molar-refractivity contribution in [1.82, 2.24) is 15.1 Å². The van der Waals surface area contributed by atoms with E-state index in [0.29, 0.717) is 19.4 Å². The molecular formula is C16H27ClN4O3. The summed E-state index contributed by atoms with van der Waals surface area (Å²) in [6.07, 6.45) is 6.11. The van der Waals surface area contributed by atoms with Gasteiger partial charge in [0.1, 0.15) is 12.1 Å². The highest BCUT2D eigenvalue weighted by atomic mass is 35.5. The van der Waals surface area contributed by atoms with E-state index in [4.69, 9.17) is 5.73 Å². The highest BCUT2D eigenvalue weighted by Gasteiger charge is 2.53. The molecule has 0 radical (unpaired) electrons. The minimum atomic E-state index is -0.750. The predicted molar refractivity (Wildman–Crippen MR) is 91.7 cm³/mol. The van der Waals surface area contributed by atoms with Gasteiger partial charge in [-0.1, -0.05) is 12.8 Å². The number of hydrogen-bond donors (Lipinski definition) is 2. The van der Waals surface area contributed by atoms with E-state index in [2.05, 4.69) is 5.32 Å². The maximum absolute atomic E-state index is 12.7. The van der Waals surface area contributed by atoms with Gasteiger partial charge in [0.25, 0.3) is 5.91 Å². The van der Waals surface area contributed by atoms with Crippen molar-refractivity contribution in [3.05, 3.63) is 0 Å². The SMILES string of the molecule is CC(N)C1CCCCN1C(=O)CN1C(=O)NC2(CCCC2)C1=O.Cl. The van der Waals surface area contributed by atoms with Gasteiger partial charge in [-0.2, -0.15) is 0 Å². The highest BCUT2D eigenvalue weighted by molar-refractivity contribution is 6.09. The van der Waals surface area contributed by atoms with Crippen LogP contribution in [0.25, 0.3) is 0 Å². The molecule has 0 aromatic carbocycles. The van der Waals surface area contributed by atoms with Crippen LogP contribution >= 0.6 is 12.4 Å². The van der Waals surface area contributed by atoms with Crippen molar-refractivity contribution in [2.75, 3.05) is 13.1 Å². The number of hydrogen-bond acceptors (Lipinski definition) is 4. The van der Waals surface area contributed by atoms with Crippen LogP contribution in [-0.4, -0.2) is 58.4 Å². The molecule has 1 aliphatic carbocycles. The van der Waals surface area contributed by atoms with Crippen molar-refractivity contribution in [1.29, 1.82) is 0 Å². The van der Waals surface area contributed by atoms with E-state index in [-0.39, 0.29) is 42.8 Å². The molecule has 1 saturated carbocycles. The molecule has 0 aromatic heterocycles. The van der Waals surface area contributed by atoms with Crippen LogP contribution < -0.4 is 11.1 Å². The van der Waals surface area contributed by atoms with Gasteiger partial charge in [-0.25, -0.2) is 4.79 Å². The minimum absolute atomic E-state index is 0. The number of nitrogens with two attached hydrogens (primary N) is 1. The molecule has 4 amide bonds. The molecule has 3 rings (SSSR count). The van der Waals surface area contributed by atoms with Crippen molar-refractivity contribution in [3.63, 3.8) is 0 Å². The zero-order chi connectivity index (χ0) is 16.6. The van der Waals surface area contributed by atoms with Crippen molar-refractivity contribution in [2.45, 2.75) is 69.5 Å². The third kappa shape index (κ3) is 3.24. The summed E-state index contributed by atoms with van der Waals surface area (Å²) in [4.78, 5) is 40.3. The molecule has 3 fully saturated rings. The lowest BCUT2D eigenvalue weighted by Gasteiger charge is -2.38. The molecular weight excluding hydrogens is 332 g/mol. The summed E-state index contributed by atoms with van der Waals surface area (Å²) in [6, 6.07) is -0.541. The molecule has 0 bridgehead atoms. The lowest BCUT2D eigenvalue weighted by atomic mass is 9.96. The Morgan fingerprint density at radius 3 is 2.58 bits per heavy atom.